The first kappa shape index (κ1) is 16.4. The van der Waals surface area contributed by atoms with Gasteiger partial charge in [0.15, 0.2) is 0 Å². The summed E-state index contributed by atoms with van der Waals surface area (Å²) in [5.74, 6) is -0.931. The Kier molecular flexibility index (Phi) is 6.98. The van der Waals surface area contributed by atoms with E-state index in [1.165, 1.54) is 6.08 Å². The maximum absolute atomic E-state index is 10.6. The molecule has 1 atom stereocenters. The predicted octanol–water partition coefficient (Wildman–Crippen LogP) is 2.64. The number of aliphatic carboxylic acids is 1. The molecule has 0 amide bonds. The Morgan fingerprint density at radius 2 is 2.15 bits per heavy atom. The van der Waals surface area contributed by atoms with Gasteiger partial charge in [0.05, 0.1) is 6.61 Å². The number of ether oxygens (including phenoxy) is 1. The zero-order chi connectivity index (χ0) is 15.0. The van der Waals surface area contributed by atoms with Gasteiger partial charge < -0.3 is 9.84 Å². The van der Waals surface area contributed by atoms with Crippen LogP contribution in [-0.4, -0.2) is 42.3 Å². The number of carboxylic acid groups (broad SMARTS) is 1. The summed E-state index contributed by atoms with van der Waals surface area (Å²) in [6.45, 7) is 6.62. The van der Waals surface area contributed by atoms with E-state index in [9.17, 15) is 4.79 Å². The third-order valence-corrected chi connectivity index (χ3v) is 3.27. The summed E-state index contributed by atoms with van der Waals surface area (Å²) in [7, 11) is 1.70. The zero-order valence-electron chi connectivity index (χ0n) is 12.4. The van der Waals surface area contributed by atoms with Crippen molar-refractivity contribution in [1.29, 1.82) is 0 Å². The number of benzene rings is 1. The second kappa shape index (κ2) is 8.51. The molecule has 1 N–H and O–H groups in total. The molecule has 1 aromatic rings. The van der Waals surface area contributed by atoms with E-state index >= 15 is 0 Å². The smallest absolute Gasteiger partial charge is 0.328 e. The Labute approximate surface area is 120 Å². The van der Waals surface area contributed by atoms with Crippen LogP contribution in [0.4, 0.5) is 0 Å². The van der Waals surface area contributed by atoms with Crippen molar-refractivity contribution in [2.45, 2.75) is 26.4 Å². The number of hydrogen-bond donors (Lipinski definition) is 1. The summed E-state index contributed by atoms with van der Waals surface area (Å²) < 4.78 is 5.20. The molecule has 0 bridgehead atoms. The second-order valence-electron chi connectivity index (χ2n) is 4.74. The zero-order valence-corrected chi connectivity index (χ0v) is 12.4. The van der Waals surface area contributed by atoms with Gasteiger partial charge in [0, 0.05) is 25.8 Å². The van der Waals surface area contributed by atoms with E-state index in [4.69, 9.17) is 9.84 Å². The highest BCUT2D eigenvalue weighted by atomic mass is 16.5. The van der Waals surface area contributed by atoms with E-state index in [-0.39, 0.29) is 0 Å². The van der Waals surface area contributed by atoms with Gasteiger partial charge in [-0.2, -0.15) is 0 Å². The Bertz CT molecular complexity index is 457. The molecule has 0 fully saturated rings. The first-order valence-corrected chi connectivity index (χ1v) is 6.80. The lowest BCUT2D eigenvalue weighted by Gasteiger charge is -2.27. The molecule has 4 nitrogen and oxygen atoms in total. The minimum atomic E-state index is -0.931. The molecule has 0 saturated carbocycles. The summed E-state index contributed by atoms with van der Waals surface area (Å²) >= 11 is 0. The third kappa shape index (κ3) is 5.15. The van der Waals surface area contributed by atoms with E-state index in [0.717, 1.165) is 24.2 Å². The Morgan fingerprint density at radius 1 is 1.45 bits per heavy atom. The van der Waals surface area contributed by atoms with Crippen LogP contribution in [0.15, 0.2) is 30.3 Å². The van der Waals surface area contributed by atoms with Crippen LogP contribution < -0.4 is 0 Å². The lowest BCUT2D eigenvalue weighted by Crippen LogP contribution is -2.35. The molecule has 4 heteroatoms. The van der Waals surface area contributed by atoms with Gasteiger partial charge in [0.2, 0.25) is 0 Å². The molecule has 0 heterocycles. The van der Waals surface area contributed by atoms with E-state index in [1.54, 1.807) is 13.2 Å². The molecular formula is C16H23NO3. The predicted molar refractivity (Wildman–Crippen MR) is 80.5 cm³/mol. The van der Waals surface area contributed by atoms with Crippen LogP contribution in [0.1, 0.15) is 25.0 Å². The minimum absolute atomic E-state index is 0.321. The summed E-state index contributed by atoms with van der Waals surface area (Å²) in [5, 5.41) is 8.74. The number of carbonyl (C=O) groups is 1. The molecule has 0 aliphatic rings. The molecule has 0 aliphatic heterocycles. The van der Waals surface area contributed by atoms with Crippen molar-refractivity contribution in [3.8, 4) is 0 Å². The highest BCUT2D eigenvalue weighted by Crippen LogP contribution is 2.15. The maximum atomic E-state index is 10.6. The third-order valence-electron chi connectivity index (χ3n) is 3.27. The fraction of sp³-hybridized carbons (Fsp3) is 0.438. The molecule has 0 aliphatic carbocycles. The standard InChI is InChI=1S/C16H23NO3/c1-4-17(13(2)12-20-3)11-15-8-6-5-7-14(15)9-10-16(18)19/h5-10,13H,4,11-12H2,1-3H3,(H,18,19). The molecule has 0 aromatic heterocycles. The molecule has 0 spiro atoms. The fourth-order valence-corrected chi connectivity index (χ4v) is 2.15. The SMILES string of the molecule is CCN(Cc1ccccc1C=CC(=O)O)C(C)COC. The molecule has 1 rings (SSSR count). The van der Waals surface area contributed by atoms with Gasteiger partial charge in [-0.1, -0.05) is 31.2 Å². The van der Waals surface area contributed by atoms with Crippen LogP contribution in [0.2, 0.25) is 0 Å². The molecular weight excluding hydrogens is 254 g/mol. The van der Waals surface area contributed by atoms with Crippen molar-refractivity contribution in [3.63, 3.8) is 0 Å². The van der Waals surface area contributed by atoms with Crippen LogP contribution in [0.3, 0.4) is 0 Å². The van der Waals surface area contributed by atoms with Crippen molar-refractivity contribution in [2.24, 2.45) is 0 Å². The summed E-state index contributed by atoms with van der Waals surface area (Å²) in [6.07, 6.45) is 2.82. The average molecular weight is 277 g/mol. The summed E-state index contributed by atoms with van der Waals surface area (Å²) in [6, 6.07) is 8.18. The first-order chi connectivity index (χ1) is 9.58. The molecule has 0 radical (unpaired) electrons. The lowest BCUT2D eigenvalue weighted by molar-refractivity contribution is -0.131. The van der Waals surface area contributed by atoms with Gasteiger partial charge in [-0.05, 0) is 30.7 Å². The Balaban J connectivity index is 2.87. The van der Waals surface area contributed by atoms with Crippen molar-refractivity contribution < 1.29 is 14.6 Å². The molecule has 0 saturated heterocycles. The Hall–Kier alpha value is -1.65. The van der Waals surface area contributed by atoms with Crippen LogP contribution in [0, 0.1) is 0 Å². The molecule has 20 heavy (non-hydrogen) atoms. The Morgan fingerprint density at radius 3 is 2.75 bits per heavy atom. The molecule has 1 aromatic carbocycles. The molecule has 1 unspecified atom stereocenters. The van der Waals surface area contributed by atoms with Gasteiger partial charge in [-0.25, -0.2) is 4.79 Å². The van der Waals surface area contributed by atoms with Gasteiger partial charge in [-0.15, -0.1) is 0 Å². The number of methoxy groups -OCH3 is 1. The molecule has 110 valence electrons. The van der Waals surface area contributed by atoms with Crippen LogP contribution in [0.5, 0.6) is 0 Å². The van der Waals surface area contributed by atoms with Crippen molar-refractivity contribution in [2.75, 3.05) is 20.3 Å². The summed E-state index contributed by atoms with van der Waals surface area (Å²) in [4.78, 5) is 12.9. The van der Waals surface area contributed by atoms with Gasteiger partial charge in [-0.3, -0.25) is 4.90 Å². The summed E-state index contributed by atoms with van der Waals surface area (Å²) in [5.41, 5.74) is 2.06. The van der Waals surface area contributed by atoms with Gasteiger partial charge in [0.1, 0.15) is 0 Å². The van der Waals surface area contributed by atoms with Gasteiger partial charge in [0.25, 0.3) is 0 Å². The van der Waals surface area contributed by atoms with Crippen LogP contribution in [-0.2, 0) is 16.1 Å². The minimum Gasteiger partial charge on any atom is -0.478 e. The van der Waals surface area contributed by atoms with Crippen molar-refractivity contribution in [1.82, 2.24) is 4.90 Å². The number of rotatable bonds is 8. The monoisotopic (exact) mass is 277 g/mol. The largest absolute Gasteiger partial charge is 0.478 e. The fourth-order valence-electron chi connectivity index (χ4n) is 2.15. The number of hydrogen-bond acceptors (Lipinski definition) is 3. The van der Waals surface area contributed by atoms with E-state index in [0.29, 0.717) is 12.6 Å². The van der Waals surface area contributed by atoms with Crippen LogP contribution >= 0.6 is 0 Å². The van der Waals surface area contributed by atoms with Crippen LogP contribution in [0.25, 0.3) is 6.08 Å². The van der Waals surface area contributed by atoms with Crippen molar-refractivity contribution in [3.05, 3.63) is 41.5 Å². The van der Waals surface area contributed by atoms with Gasteiger partial charge >= 0.3 is 5.97 Å². The normalized spacial score (nSPS) is 13.0. The van der Waals surface area contributed by atoms with Crippen molar-refractivity contribution >= 4 is 12.0 Å². The van der Waals surface area contributed by atoms with E-state index in [2.05, 4.69) is 18.7 Å². The first-order valence-electron chi connectivity index (χ1n) is 6.80. The number of likely N-dealkylation sites (N-methyl/N-ethyl adjacent to an activating group) is 1. The quantitative estimate of drug-likeness (QED) is 0.742. The highest BCUT2D eigenvalue weighted by Gasteiger charge is 2.13. The topological polar surface area (TPSA) is 49.8 Å². The lowest BCUT2D eigenvalue weighted by atomic mass is 10.1. The number of carboxylic acids is 1. The highest BCUT2D eigenvalue weighted by molar-refractivity contribution is 5.85. The second-order valence-corrected chi connectivity index (χ2v) is 4.74. The maximum Gasteiger partial charge on any atom is 0.328 e. The van der Waals surface area contributed by atoms with E-state index in [1.807, 2.05) is 24.3 Å². The van der Waals surface area contributed by atoms with E-state index < -0.39 is 5.97 Å². The number of nitrogens with zero attached hydrogens (tertiary/aromatic N) is 1. The average Bonchev–Trinajstić information content (AvgIpc) is 2.43.